The van der Waals surface area contributed by atoms with Gasteiger partial charge in [0.1, 0.15) is 0 Å². The highest BCUT2D eigenvalue weighted by Crippen LogP contribution is 2.25. The van der Waals surface area contributed by atoms with Gasteiger partial charge in [-0.1, -0.05) is 74.5 Å². The van der Waals surface area contributed by atoms with Crippen molar-refractivity contribution in [3.63, 3.8) is 0 Å². The van der Waals surface area contributed by atoms with Crippen LogP contribution in [-0.2, 0) is 13.0 Å². The van der Waals surface area contributed by atoms with Gasteiger partial charge in [0, 0.05) is 0 Å². The quantitative estimate of drug-likeness (QED) is 0.364. The highest BCUT2D eigenvalue weighted by Gasteiger charge is 2.21. The minimum Gasteiger partial charge on any atom is -0.478 e. The number of imidazole rings is 1. The molecule has 5 nitrogen and oxygen atoms in total. The molecule has 4 rings (SSSR count). The molecule has 0 bridgehead atoms. The van der Waals surface area contributed by atoms with Crippen LogP contribution in [0.3, 0.4) is 0 Å². The summed E-state index contributed by atoms with van der Waals surface area (Å²) in [4.78, 5) is 24.9. The Morgan fingerprint density at radius 2 is 1.59 bits per heavy atom. The number of carboxylic acid groups (broad SMARTS) is 1. The molecule has 0 radical (unpaired) electrons. The fourth-order valence-corrected chi connectivity index (χ4v) is 4.08. The maximum atomic E-state index is 15.5. The maximum absolute atomic E-state index is 15.5. The number of rotatable bonds is 8. The van der Waals surface area contributed by atoms with Crippen LogP contribution in [0.15, 0.2) is 83.7 Å². The molecule has 0 aliphatic rings. The largest absolute Gasteiger partial charge is 0.478 e. The normalized spacial score (nSPS) is 11.2. The average Bonchev–Trinajstić information content (AvgIpc) is 3.07. The molecule has 0 fully saturated rings. The summed E-state index contributed by atoms with van der Waals surface area (Å²) in [6.07, 6.45) is 1.22. The third-order valence-electron chi connectivity index (χ3n) is 5.92. The monoisotopic (exact) mass is 458 g/mol. The lowest BCUT2D eigenvalue weighted by Crippen LogP contribution is -2.25. The Kier molecular flexibility index (Phi) is 6.77. The molecule has 3 aromatic carbocycles. The SMILES string of the molecule is CC(C)CCc1c(F)n(-c2ccccc2)c(=O)n1Cc1ccc(-c2ccccc2C(=O)O)cc1. The van der Waals surface area contributed by atoms with E-state index in [0.29, 0.717) is 29.3 Å². The van der Waals surface area contributed by atoms with Gasteiger partial charge in [-0.2, -0.15) is 4.39 Å². The number of nitrogens with zero attached hydrogens (tertiary/aromatic N) is 2. The second-order valence-corrected chi connectivity index (χ2v) is 8.76. The van der Waals surface area contributed by atoms with Crippen molar-refractivity contribution in [1.29, 1.82) is 0 Å². The lowest BCUT2D eigenvalue weighted by Gasteiger charge is -2.10. The molecule has 1 N–H and O–H groups in total. The second kappa shape index (κ2) is 9.91. The number of carbonyl (C=O) groups is 1. The smallest absolute Gasteiger partial charge is 0.336 e. The number of halogens is 1. The molecule has 1 heterocycles. The van der Waals surface area contributed by atoms with Crippen LogP contribution < -0.4 is 5.69 Å². The Labute approximate surface area is 197 Å². The van der Waals surface area contributed by atoms with Crippen molar-refractivity contribution >= 4 is 5.97 Å². The van der Waals surface area contributed by atoms with Gasteiger partial charge in [-0.15, -0.1) is 0 Å². The predicted octanol–water partition coefficient (Wildman–Crippen LogP) is 5.78. The van der Waals surface area contributed by atoms with E-state index in [2.05, 4.69) is 13.8 Å². The number of hydrogen-bond acceptors (Lipinski definition) is 2. The van der Waals surface area contributed by atoms with Gasteiger partial charge in [-0.05, 0) is 53.6 Å². The van der Waals surface area contributed by atoms with Crippen LogP contribution in [0.25, 0.3) is 16.8 Å². The fourth-order valence-electron chi connectivity index (χ4n) is 4.08. The highest BCUT2D eigenvalue weighted by molar-refractivity contribution is 5.95. The van der Waals surface area contributed by atoms with E-state index in [9.17, 15) is 14.7 Å². The van der Waals surface area contributed by atoms with Crippen LogP contribution in [0, 0.1) is 11.9 Å². The standard InChI is InChI=1S/C28H27FN2O3/c1-19(2)12-17-25-26(29)31(22-8-4-3-5-9-22)28(34)30(25)18-20-13-15-21(16-14-20)23-10-6-7-11-24(23)27(32)33/h3-11,13-16,19H,12,17-18H2,1-2H3,(H,32,33). The van der Waals surface area contributed by atoms with Crippen LogP contribution in [0.2, 0.25) is 0 Å². The second-order valence-electron chi connectivity index (χ2n) is 8.76. The molecule has 4 aromatic rings. The molecule has 0 amide bonds. The lowest BCUT2D eigenvalue weighted by molar-refractivity contribution is 0.0697. The number of carboxylic acids is 1. The molecule has 1 aromatic heterocycles. The van der Waals surface area contributed by atoms with Crippen LogP contribution in [-0.4, -0.2) is 20.2 Å². The van der Waals surface area contributed by atoms with Crippen LogP contribution >= 0.6 is 0 Å². The Balaban J connectivity index is 1.71. The van der Waals surface area contributed by atoms with Gasteiger partial charge in [-0.25, -0.2) is 14.2 Å². The fraction of sp³-hybridized carbons (Fsp3) is 0.214. The summed E-state index contributed by atoms with van der Waals surface area (Å²) in [7, 11) is 0. The number of aromatic nitrogens is 2. The number of benzene rings is 3. The van der Waals surface area contributed by atoms with Crippen LogP contribution in [0.1, 0.15) is 41.9 Å². The summed E-state index contributed by atoms with van der Waals surface area (Å²) in [6, 6.07) is 23.0. The molecule has 34 heavy (non-hydrogen) atoms. The van der Waals surface area contributed by atoms with Gasteiger partial charge in [0.25, 0.3) is 0 Å². The van der Waals surface area contributed by atoms with Crippen LogP contribution in [0.5, 0.6) is 0 Å². The predicted molar refractivity (Wildman–Crippen MR) is 131 cm³/mol. The molecule has 0 aliphatic carbocycles. The van der Waals surface area contributed by atoms with Gasteiger partial charge < -0.3 is 5.11 Å². The Hall–Kier alpha value is -3.93. The molecule has 0 aliphatic heterocycles. The Bertz CT molecular complexity index is 1350. The Morgan fingerprint density at radius 3 is 2.24 bits per heavy atom. The molecule has 0 unspecified atom stereocenters. The van der Waals surface area contributed by atoms with Gasteiger partial charge in [0.15, 0.2) is 0 Å². The van der Waals surface area contributed by atoms with Crippen molar-refractivity contribution in [1.82, 2.24) is 9.13 Å². The molecular weight excluding hydrogens is 431 g/mol. The third kappa shape index (κ3) is 4.71. The summed E-state index contributed by atoms with van der Waals surface area (Å²) < 4.78 is 18.1. The van der Waals surface area contributed by atoms with Crippen molar-refractivity contribution in [2.75, 3.05) is 0 Å². The first kappa shape index (κ1) is 23.2. The van der Waals surface area contributed by atoms with E-state index in [1.54, 1.807) is 48.5 Å². The molecule has 6 heteroatoms. The van der Waals surface area contributed by atoms with E-state index in [1.807, 2.05) is 30.3 Å². The molecule has 0 atom stereocenters. The number of aromatic carboxylic acids is 1. The first-order valence-corrected chi connectivity index (χ1v) is 11.3. The zero-order valence-corrected chi connectivity index (χ0v) is 19.2. The zero-order valence-electron chi connectivity index (χ0n) is 19.2. The lowest BCUT2D eigenvalue weighted by atomic mass is 9.98. The van der Waals surface area contributed by atoms with Crippen molar-refractivity contribution in [2.45, 2.75) is 33.2 Å². The van der Waals surface area contributed by atoms with E-state index in [4.69, 9.17) is 0 Å². The molecule has 0 saturated carbocycles. The van der Waals surface area contributed by atoms with Gasteiger partial charge in [0.05, 0.1) is 23.5 Å². The number of para-hydroxylation sites is 1. The van der Waals surface area contributed by atoms with Crippen LogP contribution in [0.4, 0.5) is 4.39 Å². The topological polar surface area (TPSA) is 64.2 Å². The minimum absolute atomic E-state index is 0.226. The van der Waals surface area contributed by atoms with Crippen molar-refractivity contribution in [2.24, 2.45) is 5.92 Å². The minimum atomic E-state index is -0.987. The van der Waals surface area contributed by atoms with E-state index >= 15 is 4.39 Å². The third-order valence-corrected chi connectivity index (χ3v) is 5.92. The average molecular weight is 459 g/mol. The zero-order chi connectivity index (χ0) is 24.2. The number of hydrogen-bond donors (Lipinski definition) is 1. The summed E-state index contributed by atoms with van der Waals surface area (Å²) in [5.41, 5.74) is 2.92. The summed E-state index contributed by atoms with van der Waals surface area (Å²) in [5, 5.41) is 9.47. The van der Waals surface area contributed by atoms with Gasteiger partial charge >= 0.3 is 11.7 Å². The Morgan fingerprint density at radius 1 is 0.941 bits per heavy atom. The maximum Gasteiger partial charge on any atom is 0.336 e. The van der Waals surface area contributed by atoms with Crippen molar-refractivity contribution in [3.05, 3.63) is 112 Å². The molecule has 0 spiro atoms. The molecule has 174 valence electrons. The van der Waals surface area contributed by atoms with Gasteiger partial charge in [-0.3, -0.25) is 4.57 Å². The molecular formula is C28H27FN2O3. The summed E-state index contributed by atoms with van der Waals surface area (Å²) >= 11 is 0. The highest BCUT2D eigenvalue weighted by atomic mass is 19.1. The van der Waals surface area contributed by atoms with Crippen molar-refractivity contribution < 1.29 is 14.3 Å². The van der Waals surface area contributed by atoms with E-state index in [0.717, 1.165) is 22.1 Å². The summed E-state index contributed by atoms with van der Waals surface area (Å²) in [5.74, 6) is -1.14. The van der Waals surface area contributed by atoms with E-state index < -0.39 is 17.6 Å². The molecule has 0 saturated heterocycles. The van der Waals surface area contributed by atoms with E-state index in [1.165, 1.54) is 4.57 Å². The van der Waals surface area contributed by atoms with Gasteiger partial charge in [0.2, 0.25) is 5.95 Å². The first-order valence-electron chi connectivity index (χ1n) is 11.3. The summed E-state index contributed by atoms with van der Waals surface area (Å²) in [6.45, 7) is 4.37. The van der Waals surface area contributed by atoms with E-state index in [-0.39, 0.29) is 12.1 Å². The first-order chi connectivity index (χ1) is 16.4. The van der Waals surface area contributed by atoms with Crippen molar-refractivity contribution in [3.8, 4) is 16.8 Å².